The van der Waals surface area contributed by atoms with E-state index in [-0.39, 0.29) is 11.5 Å². The zero-order chi connectivity index (χ0) is 14.8. The first kappa shape index (κ1) is 14.8. The van der Waals surface area contributed by atoms with Crippen LogP contribution in [0.3, 0.4) is 0 Å². The van der Waals surface area contributed by atoms with Gasteiger partial charge in [-0.25, -0.2) is 8.42 Å². The maximum Gasteiger partial charge on any atom is 0.232 e. The second-order valence-corrected chi connectivity index (χ2v) is 6.75. The van der Waals surface area contributed by atoms with Gasteiger partial charge in [0.2, 0.25) is 10.0 Å². The summed E-state index contributed by atoms with van der Waals surface area (Å²) in [5.74, 6) is -0.203. The van der Waals surface area contributed by atoms with Crippen molar-refractivity contribution in [1.29, 1.82) is 0 Å². The van der Waals surface area contributed by atoms with E-state index in [1.54, 1.807) is 37.3 Å². The lowest BCUT2D eigenvalue weighted by molar-refractivity contribution is 0.103. The fraction of sp³-hybridized carbons (Fsp3) is 0.154. The lowest BCUT2D eigenvalue weighted by Crippen LogP contribution is -2.14. The van der Waals surface area contributed by atoms with Gasteiger partial charge in [0.1, 0.15) is 0 Å². The Morgan fingerprint density at radius 2 is 1.90 bits per heavy atom. The number of nitrogens with one attached hydrogen (secondary N) is 1. The number of furan rings is 1. The summed E-state index contributed by atoms with van der Waals surface area (Å²) in [6, 6.07) is 7.80. The van der Waals surface area contributed by atoms with Gasteiger partial charge in [0.25, 0.3) is 0 Å². The van der Waals surface area contributed by atoms with E-state index >= 15 is 0 Å². The van der Waals surface area contributed by atoms with Gasteiger partial charge in [-0.15, -0.1) is 0 Å². The van der Waals surface area contributed by atoms with E-state index in [2.05, 4.69) is 20.7 Å². The van der Waals surface area contributed by atoms with Crippen LogP contribution >= 0.6 is 15.9 Å². The van der Waals surface area contributed by atoms with Gasteiger partial charge in [-0.05, 0) is 53.2 Å². The number of rotatable bonds is 5. The summed E-state index contributed by atoms with van der Waals surface area (Å²) >= 11 is 3.15. The van der Waals surface area contributed by atoms with Gasteiger partial charge >= 0.3 is 0 Å². The highest BCUT2D eigenvalue weighted by Gasteiger charge is 2.15. The van der Waals surface area contributed by atoms with Crippen molar-refractivity contribution in [2.45, 2.75) is 6.92 Å². The van der Waals surface area contributed by atoms with Gasteiger partial charge < -0.3 is 4.42 Å². The lowest BCUT2D eigenvalue weighted by Gasteiger charge is -2.06. The molecule has 1 heterocycles. The van der Waals surface area contributed by atoms with E-state index in [1.807, 2.05) is 0 Å². The Hall–Kier alpha value is -1.60. The molecule has 0 radical (unpaired) electrons. The fourth-order valence-electron chi connectivity index (χ4n) is 1.55. The molecule has 0 amide bonds. The average Bonchev–Trinajstić information content (AvgIpc) is 2.85. The first-order valence-corrected chi connectivity index (χ1v) is 8.25. The predicted molar refractivity (Wildman–Crippen MR) is 79.4 cm³/mol. The number of carbonyl (C=O) groups excluding carboxylic acids is 1. The second-order valence-electron chi connectivity index (χ2n) is 4.02. The third-order valence-electron chi connectivity index (χ3n) is 2.66. The van der Waals surface area contributed by atoms with Gasteiger partial charge in [-0.1, -0.05) is 0 Å². The third-order valence-corrected chi connectivity index (χ3v) is 4.58. The summed E-state index contributed by atoms with van der Waals surface area (Å²) in [7, 11) is -3.31. The Bertz CT molecular complexity index is 719. The SMILES string of the molecule is CCS(=O)(=O)Nc1ccc(C(=O)c2ccoc2Br)cc1. The minimum absolute atomic E-state index is 0.00432. The number of hydrogen-bond acceptors (Lipinski definition) is 4. The Kier molecular flexibility index (Phi) is 4.29. The summed E-state index contributed by atoms with van der Waals surface area (Å²) < 4.78 is 30.6. The monoisotopic (exact) mass is 357 g/mol. The van der Waals surface area contributed by atoms with Crippen LogP contribution in [-0.4, -0.2) is 20.0 Å². The van der Waals surface area contributed by atoms with E-state index in [0.29, 0.717) is 21.5 Å². The predicted octanol–water partition coefficient (Wildman–Crippen LogP) is 3.03. The Morgan fingerprint density at radius 1 is 1.25 bits per heavy atom. The molecule has 5 nitrogen and oxygen atoms in total. The summed E-state index contributed by atoms with van der Waals surface area (Å²) in [6.45, 7) is 1.55. The van der Waals surface area contributed by atoms with Crippen LogP contribution < -0.4 is 4.72 Å². The molecule has 2 aromatic rings. The minimum atomic E-state index is -3.31. The van der Waals surface area contributed by atoms with Gasteiger partial charge in [0.05, 0.1) is 17.6 Å². The van der Waals surface area contributed by atoms with Crippen LogP contribution in [0.2, 0.25) is 0 Å². The molecule has 0 saturated carbocycles. The van der Waals surface area contributed by atoms with Crippen molar-refractivity contribution >= 4 is 37.4 Å². The summed E-state index contributed by atoms with van der Waals surface area (Å²) in [5, 5.41) is 0. The minimum Gasteiger partial charge on any atom is -0.457 e. The lowest BCUT2D eigenvalue weighted by atomic mass is 10.1. The van der Waals surface area contributed by atoms with Crippen molar-refractivity contribution in [1.82, 2.24) is 0 Å². The summed E-state index contributed by atoms with van der Waals surface area (Å²) in [6.07, 6.45) is 1.42. The molecule has 0 aliphatic heterocycles. The van der Waals surface area contributed by atoms with Gasteiger partial charge in [0, 0.05) is 11.3 Å². The van der Waals surface area contributed by atoms with Gasteiger partial charge in [-0.2, -0.15) is 0 Å². The molecule has 0 spiro atoms. The average molecular weight is 358 g/mol. The molecule has 0 bridgehead atoms. The molecule has 2 rings (SSSR count). The standard InChI is InChI=1S/C13H12BrNO4S/c1-2-20(17,18)15-10-5-3-9(4-6-10)12(16)11-7-8-19-13(11)14/h3-8,15H,2H2,1H3. The van der Waals surface area contributed by atoms with Crippen molar-refractivity contribution < 1.29 is 17.6 Å². The molecule has 0 atom stereocenters. The summed E-state index contributed by atoms with van der Waals surface area (Å²) in [4.78, 5) is 12.2. The van der Waals surface area contributed by atoms with Crippen LogP contribution in [0.25, 0.3) is 0 Å². The number of benzene rings is 1. The number of anilines is 1. The van der Waals surface area contributed by atoms with E-state index in [4.69, 9.17) is 4.42 Å². The van der Waals surface area contributed by atoms with Crippen LogP contribution in [0.4, 0.5) is 5.69 Å². The first-order chi connectivity index (χ1) is 9.43. The second kappa shape index (κ2) is 5.80. The number of halogens is 1. The van der Waals surface area contributed by atoms with Crippen molar-refractivity contribution in [3.63, 3.8) is 0 Å². The largest absolute Gasteiger partial charge is 0.457 e. The van der Waals surface area contributed by atoms with Crippen molar-refractivity contribution in [3.05, 3.63) is 52.4 Å². The van der Waals surface area contributed by atoms with Crippen LogP contribution in [0.1, 0.15) is 22.8 Å². The molecule has 106 valence electrons. The van der Waals surface area contributed by atoms with Crippen LogP contribution in [-0.2, 0) is 10.0 Å². The normalized spacial score (nSPS) is 11.3. The topological polar surface area (TPSA) is 76.4 Å². The van der Waals surface area contributed by atoms with Crippen LogP contribution in [0, 0.1) is 0 Å². The van der Waals surface area contributed by atoms with E-state index in [1.165, 1.54) is 6.26 Å². The molecular formula is C13H12BrNO4S. The number of carbonyl (C=O) groups is 1. The van der Waals surface area contributed by atoms with E-state index in [9.17, 15) is 13.2 Å². The molecule has 0 aliphatic carbocycles. The Morgan fingerprint density at radius 3 is 2.40 bits per heavy atom. The first-order valence-electron chi connectivity index (χ1n) is 5.81. The number of hydrogen-bond donors (Lipinski definition) is 1. The quantitative estimate of drug-likeness (QED) is 0.834. The summed E-state index contributed by atoms with van der Waals surface area (Å²) in [5.41, 5.74) is 1.30. The molecule has 0 saturated heterocycles. The molecule has 0 unspecified atom stereocenters. The molecule has 1 aromatic carbocycles. The van der Waals surface area contributed by atoms with Crippen molar-refractivity contribution in [2.75, 3.05) is 10.5 Å². The Labute approximate surface area is 125 Å². The van der Waals surface area contributed by atoms with E-state index < -0.39 is 10.0 Å². The molecule has 20 heavy (non-hydrogen) atoms. The van der Waals surface area contributed by atoms with Gasteiger partial charge in [-0.3, -0.25) is 9.52 Å². The molecule has 7 heteroatoms. The zero-order valence-electron chi connectivity index (χ0n) is 10.6. The highest BCUT2D eigenvalue weighted by atomic mass is 79.9. The maximum absolute atomic E-state index is 12.2. The molecule has 0 aliphatic rings. The Balaban J connectivity index is 2.21. The molecule has 1 aromatic heterocycles. The van der Waals surface area contributed by atoms with Crippen LogP contribution in [0.15, 0.2) is 45.7 Å². The molecule has 1 N–H and O–H groups in total. The molecule has 0 fully saturated rings. The van der Waals surface area contributed by atoms with E-state index in [0.717, 1.165) is 0 Å². The smallest absolute Gasteiger partial charge is 0.232 e. The van der Waals surface area contributed by atoms with Crippen LogP contribution in [0.5, 0.6) is 0 Å². The maximum atomic E-state index is 12.2. The van der Waals surface area contributed by atoms with Crippen molar-refractivity contribution in [3.8, 4) is 0 Å². The number of sulfonamides is 1. The van der Waals surface area contributed by atoms with Gasteiger partial charge in [0.15, 0.2) is 10.5 Å². The van der Waals surface area contributed by atoms with Crippen molar-refractivity contribution in [2.24, 2.45) is 0 Å². The third kappa shape index (κ3) is 3.29. The highest BCUT2D eigenvalue weighted by Crippen LogP contribution is 2.22. The molecular weight excluding hydrogens is 346 g/mol. The zero-order valence-corrected chi connectivity index (χ0v) is 13.0. The number of ketones is 1. The fourth-order valence-corrected chi connectivity index (χ4v) is 2.61. The highest BCUT2D eigenvalue weighted by molar-refractivity contribution is 9.10.